The highest BCUT2D eigenvalue weighted by molar-refractivity contribution is 7.51. The maximum Gasteiger partial charge on any atom is 0.325 e. The van der Waals surface area contributed by atoms with Crippen molar-refractivity contribution in [3.8, 4) is 0 Å². The van der Waals surface area contributed by atoms with Gasteiger partial charge < -0.3 is 25.3 Å². The first-order valence-electron chi connectivity index (χ1n) is 5.41. The van der Waals surface area contributed by atoms with E-state index in [9.17, 15) is 9.13 Å². The summed E-state index contributed by atoms with van der Waals surface area (Å²) in [6.07, 6.45) is -0.125. The highest BCUT2D eigenvalue weighted by atomic mass is 31.2. The van der Waals surface area contributed by atoms with Gasteiger partial charge in [-0.2, -0.15) is 0 Å². The molecule has 0 aromatic heterocycles. The molecule has 0 aliphatic carbocycles. The van der Waals surface area contributed by atoms with E-state index in [2.05, 4.69) is 0 Å². The van der Waals surface area contributed by atoms with Gasteiger partial charge in [0.2, 0.25) is 0 Å². The van der Waals surface area contributed by atoms with E-state index >= 15 is 0 Å². The highest BCUT2D eigenvalue weighted by Crippen LogP contribution is 2.32. The van der Waals surface area contributed by atoms with Crippen LogP contribution < -0.4 is 5.73 Å². The van der Waals surface area contributed by atoms with Crippen molar-refractivity contribution < 1.29 is 28.7 Å². The predicted molar refractivity (Wildman–Crippen MR) is 76.0 cm³/mol. The molecule has 0 aliphatic heterocycles. The zero-order valence-electron chi connectivity index (χ0n) is 10.9. The summed E-state index contributed by atoms with van der Waals surface area (Å²) >= 11 is 0. The average molecular weight is 313 g/mol. The van der Waals surface area contributed by atoms with E-state index in [-0.39, 0.29) is 12.3 Å². The van der Waals surface area contributed by atoms with Crippen LogP contribution in [-0.4, -0.2) is 31.9 Å². The van der Waals surface area contributed by atoms with Gasteiger partial charge in [0.1, 0.15) is 0 Å². The van der Waals surface area contributed by atoms with Crippen LogP contribution in [0.1, 0.15) is 13.8 Å². The van der Waals surface area contributed by atoms with Gasteiger partial charge in [-0.1, -0.05) is 32.0 Å². The fourth-order valence-corrected chi connectivity index (χ4v) is 0.453. The zero-order chi connectivity index (χ0) is 15.5. The van der Waals surface area contributed by atoms with E-state index in [0.717, 1.165) is 5.69 Å². The van der Waals surface area contributed by atoms with Crippen molar-refractivity contribution in [2.45, 2.75) is 13.8 Å². The smallest absolute Gasteiger partial charge is 0.325 e. The SMILES string of the molecule is CCP(=O)(O)O.CCP(=O)(O)O.Nc1ccccc1. The summed E-state index contributed by atoms with van der Waals surface area (Å²) in [4.78, 5) is 31.8. The zero-order valence-corrected chi connectivity index (χ0v) is 12.7. The Hall–Kier alpha value is -0.680. The number of benzene rings is 1. The molecular weight excluding hydrogens is 292 g/mol. The fourth-order valence-electron chi connectivity index (χ4n) is 0.453. The monoisotopic (exact) mass is 313 g/mol. The van der Waals surface area contributed by atoms with Gasteiger partial charge in [0.05, 0.1) is 0 Å². The van der Waals surface area contributed by atoms with Crippen molar-refractivity contribution in [3.63, 3.8) is 0 Å². The summed E-state index contributed by atoms with van der Waals surface area (Å²) in [7, 11) is -7.29. The molecule has 0 aliphatic rings. The lowest BCUT2D eigenvalue weighted by molar-refractivity contribution is 0.372. The Balaban J connectivity index is 0. The van der Waals surface area contributed by atoms with Gasteiger partial charge in [-0.15, -0.1) is 0 Å². The molecule has 0 radical (unpaired) electrons. The number of nitrogen functional groups attached to an aromatic ring is 1. The number of hydrogen-bond donors (Lipinski definition) is 5. The van der Waals surface area contributed by atoms with Gasteiger partial charge in [0.15, 0.2) is 0 Å². The molecule has 19 heavy (non-hydrogen) atoms. The molecule has 0 bridgehead atoms. The third kappa shape index (κ3) is 22.9. The number of hydrogen-bond acceptors (Lipinski definition) is 3. The van der Waals surface area contributed by atoms with Crippen molar-refractivity contribution in [1.82, 2.24) is 0 Å². The minimum Gasteiger partial charge on any atom is -0.399 e. The van der Waals surface area contributed by atoms with Gasteiger partial charge in [-0.05, 0) is 12.1 Å². The van der Waals surface area contributed by atoms with E-state index in [1.807, 2.05) is 30.3 Å². The van der Waals surface area contributed by atoms with Crippen LogP contribution in [0.15, 0.2) is 30.3 Å². The lowest BCUT2D eigenvalue weighted by Gasteiger charge is -1.92. The lowest BCUT2D eigenvalue weighted by Crippen LogP contribution is -1.79. The molecule has 0 saturated carbocycles. The molecule has 1 rings (SSSR count). The molecule has 0 fully saturated rings. The summed E-state index contributed by atoms with van der Waals surface area (Å²) in [6, 6.07) is 9.49. The Morgan fingerprint density at radius 3 is 1.26 bits per heavy atom. The summed E-state index contributed by atoms with van der Waals surface area (Å²) in [6.45, 7) is 2.89. The third-order valence-corrected chi connectivity index (χ3v) is 3.27. The molecule has 0 amide bonds. The van der Waals surface area contributed by atoms with Gasteiger partial charge >= 0.3 is 15.2 Å². The first-order valence-corrected chi connectivity index (χ1v) is 9.01. The maximum absolute atomic E-state index is 9.69. The normalized spacial score (nSPS) is 10.6. The minimum absolute atomic E-state index is 0.0625. The molecule has 112 valence electrons. The number of nitrogens with two attached hydrogens (primary N) is 1. The minimum atomic E-state index is -3.65. The molecule has 0 atom stereocenters. The average Bonchev–Trinajstić information content (AvgIpc) is 2.30. The summed E-state index contributed by atoms with van der Waals surface area (Å²) in [5, 5.41) is 0. The molecule has 9 heteroatoms. The van der Waals surface area contributed by atoms with Crippen molar-refractivity contribution in [2.75, 3.05) is 18.1 Å². The quantitative estimate of drug-likeness (QED) is 0.413. The van der Waals surface area contributed by atoms with Crippen LogP contribution >= 0.6 is 15.2 Å². The van der Waals surface area contributed by atoms with Gasteiger partial charge in [-0.3, -0.25) is 9.13 Å². The van der Waals surface area contributed by atoms with E-state index < -0.39 is 15.2 Å². The molecular formula is C10H21NO6P2. The molecule has 1 aromatic rings. The molecule has 1 aromatic carbocycles. The van der Waals surface area contributed by atoms with Crippen LogP contribution in [0.25, 0.3) is 0 Å². The van der Waals surface area contributed by atoms with Crippen LogP contribution in [0, 0.1) is 0 Å². The Labute approximate surface area is 112 Å². The molecule has 0 spiro atoms. The summed E-state index contributed by atoms with van der Waals surface area (Å²) in [5.74, 6) is 0. The largest absolute Gasteiger partial charge is 0.399 e. The van der Waals surface area contributed by atoms with Crippen LogP contribution in [0.3, 0.4) is 0 Å². The summed E-state index contributed by atoms with van der Waals surface area (Å²) < 4.78 is 19.4. The number of anilines is 1. The van der Waals surface area contributed by atoms with E-state index in [4.69, 9.17) is 25.3 Å². The van der Waals surface area contributed by atoms with E-state index in [1.165, 1.54) is 13.8 Å². The third-order valence-electron chi connectivity index (χ3n) is 1.62. The Kier molecular flexibility index (Phi) is 11.0. The predicted octanol–water partition coefficient (Wildman–Crippen LogP) is 1.64. The van der Waals surface area contributed by atoms with Gasteiger partial charge in [0, 0.05) is 18.0 Å². The van der Waals surface area contributed by atoms with Crippen molar-refractivity contribution in [2.24, 2.45) is 0 Å². The van der Waals surface area contributed by atoms with Crippen molar-refractivity contribution in [1.29, 1.82) is 0 Å². The second-order valence-corrected chi connectivity index (χ2v) is 7.30. The van der Waals surface area contributed by atoms with E-state index in [0.29, 0.717) is 0 Å². The molecule has 0 saturated heterocycles. The maximum atomic E-state index is 9.69. The van der Waals surface area contributed by atoms with Gasteiger partial charge in [-0.25, -0.2) is 0 Å². The first kappa shape index (κ1) is 20.6. The topological polar surface area (TPSA) is 141 Å². The molecule has 6 N–H and O–H groups in total. The van der Waals surface area contributed by atoms with E-state index in [1.54, 1.807) is 0 Å². The number of rotatable bonds is 2. The van der Waals surface area contributed by atoms with Crippen LogP contribution in [0.4, 0.5) is 5.69 Å². The molecule has 7 nitrogen and oxygen atoms in total. The summed E-state index contributed by atoms with van der Waals surface area (Å²) in [5.41, 5.74) is 6.18. The van der Waals surface area contributed by atoms with Crippen molar-refractivity contribution >= 4 is 20.9 Å². The molecule has 0 unspecified atom stereocenters. The van der Waals surface area contributed by atoms with Crippen LogP contribution in [-0.2, 0) is 9.13 Å². The van der Waals surface area contributed by atoms with Crippen molar-refractivity contribution in [3.05, 3.63) is 30.3 Å². The first-order chi connectivity index (χ1) is 8.52. The highest BCUT2D eigenvalue weighted by Gasteiger charge is 2.05. The fraction of sp³-hybridized carbons (Fsp3) is 0.400. The Morgan fingerprint density at radius 1 is 0.895 bits per heavy atom. The standard InChI is InChI=1S/C6H7N.2C2H7O3P/c7-6-4-2-1-3-5-6;2*1-2-6(3,4)5/h1-5H,7H2;2*2H2,1H3,(H2,3,4,5). The Morgan fingerprint density at radius 2 is 1.16 bits per heavy atom. The molecule has 0 heterocycles. The second kappa shape index (κ2) is 10.1. The Bertz CT molecular complexity index is 391. The van der Waals surface area contributed by atoms with Crippen LogP contribution in [0.5, 0.6) is 0 Å². The van der Waals surface area contributed by atoms with Gasteiger partial charge in [0.25, 0.3) is 0 Å². The second-order valence-electron chi connectivity index (χ2n) is 3.37. The number of para-hydroxylation sites is 1. The van der Waals surface area contributed by atoms with Crippen LogP contribution in [0.2, 0.25) is 0 Å². The lowest BCUT2D eigenvalue weighted by atomic mass is 10.3.